The van der Waals surface area contributed by atoms with Gasteiger partial charge in [-0.05, 0) is 36.4 Å². The van der Waals surface area contributed by atoms with E-state index in [2.05, 4.69) is 0 Å². The van der Waals surface area contributed by atoms with Gasteiger partial charge < -0.3 is 28.5 Å². The zero-order valence-electron chi connectivity index (χ0n) is 18.9. The molecule has 1 atom stereocenters. The summed E-state index contributed by atoms with van der Waals surface area (Å²) in [5, 5.41) is 12.3. The molecule has 1 saturated heterocycles. The third kappa shape index (κ3) is 3.37. The van der Waals surface area contributed by atoms with Crippen molar-refractivity contribution in [2.45, 2.75) is 12.6 Å². The number of Topliss-reactive ketones (excluding diaryl/α,β-unsaturated/α-hetero) is 1. The largest absolute Gasteiger partial charge is 0.507 e. The highest BCUT2D eigenvalue weighted by Crippen LogP contribution is 2.44. The maximum atomic E-state index is 13.4. The highest BCUT2D eigenvalue weighted by molar-refractivity contribution is 6.46. The van der Waals surface area contributed by atoms with Crippen molar-refractivity contribution in [1.82, 2.24) is 9.47 Å². The van der Waals surface area contributed by atoms with E-state index in [4.69, 9.17) is 13.9 Å². The van der Waals surface area contributed by atoms with Crippen molar-refractivity contribution in [2.24, 2.45) is 7.05 Å². The second-order valence-corrected chi connectivity index (χ2v) is 8.58. The number of carbonyl (C=O) groups is 2. The number of aliphatic hydroxyl groups excluding tert-OH is 1. The summed E-state index contributed by atoms with van der Waals surface area (Å²) in [7, 11) is 1.91. The second-order valence-electron chi connectivity index (χ2n) is 8.58. The molecule has 2 aliphatic heterocycles. The van der Waals surface area contributed by atoms with Crippen LogP contribution < -0.4 is 9.47 Å². The Kier molecular flexibility index (Phi) is 4.88. The molecule has 2 aromatic carbocycles. The molecule has 1 N–H and O–H groups in total. The van der Waals surface area contributed by atoms with Crippen molar-refractivity contribution in [3.8, 4) is 11.5 Å². The summed E-state index contributed by atoms with van der Waals surface area (Å²) >= 11 is 0. The first-order chi connectivity index (χ1) is 17.0. The van der Waals surface area contributed by atoms with Crippen LogP contribution in [0.2, 0.25) is 0 Å². The molecular weight excluding hydrogens is 448 g/mol. The number of benzene rings is 2. The number of aromatic nitrogens is 1. The minimum Gasteiger partial charge on any atom is -0.507 e. The number of hydrogen-bond acceptors (Lipinski definition) is 6. The first kappa shape index (κ1) is 21.1. The number of nitrogens with zero attached hydrogens (tertiary/aromatic N) is 2. The number of para-hydroxylation sites is 1. The fourth-order valence-corrected chi connectivity index (χ4v) is 4.87. The van der Waals surface area contributed by atoms with Gasteiger partial charge in [-0.3, -0.25) is 9.59 Å². The Morgan fingerprint density at radius 1 is 1.03 bits per heavy atom. The van der Waals surface area contributed by atoms with Gasteiger partial charge >= 0.3 is 0 Å². The molecule has 1 amide bonds. The number of ketones is 1. The zero-order chi connectivity index (χ0) is 24.1. The summed E-state index contributed by atoms with van der Waals surface area (Å²) in [5.74, 6) is -0.125. The lowest BCUT2D eigenvalue weighted by atomic mass is 9.94. The maximum Gasteiger partial charge on any atom is 0.296 e. The van der Waals surface area contributed by atoms with Crippen LogP contribution in [-0.2, 0) is 23.2 Å². The van der Waals surface area contributed by atoms with Gasteiger partial charge in [0.1, 0.15) is 24.7 Å². The third-order valence-electron chi connectivity index (χ3n) is 6.48. The monoisotopic (exact) mass is 470 g/mol. The number of aliphatic hydroxyl groups is 1. The van der Waals surface area contributed by atoms with Gasteiger partial charge in [0.05, 0.1) is 24.4 Å². The van der Waals surface area contributed by atoms with Crippen LogP contribution in [-0.4, -0.2) is 39.5 Å². The van der Waals surface area contributed by atoms with Gasteiger partial charge in [-0.15, -0.1) is 0 Å². The van der Waals surface area contributed by atoms with Crippen LogP contribution in [0.1, 0.15) is 22.9 Å². The molecule has 1 unspecified atom stereocenters. The number of rotatable bonds is 4. The summed E-state index contributed by atoms with van der Waals surface area (Å²) < 4.78 is 18.7. The molecule has 8 heteroatoms. The van der Waals surface area contributed by atoms with Gasteiger partial charge in [0.25, 0.3) is 11.7 Å². The normalized spacial score (nSPS) is 19.0. The average molecular weight is 470 g/mol. The molecule has 4 aromatic rings. The van der Waals surface area contributed by atoms with Gasteiger partial charge in [0.15, 0.2) is 11.5 Å². The molecule has 0 bridgehead atoms. The number of ether oxygens (including phenoxy) is 2. The van der Waals surface area contributed by atoms with Gasteiger partial charge in [0, 0.05) is 35.3 Å². The molecule has 4 heterocycles. The van der Waals surface area contributed by atoms with Gasteiger partial charge in [0.2, 0.25) is 0 Å². The lowest BCUT2D eigenvalue weighted by Gasteiger charge is -2.24. The van der Waals surface area contributed by atoms with E-state index in [1.807, 2.05) is 42.1 Å². The first-order valence-corrected chi connectivity index (χ1v) is 11.3. The number of likely N-dealkylation sites (tertiary alicyclic amines) is 1. The Morgan fingerprint density at radius 2 is 1.83 bits per heavy atom. The van der Waals surface area contributed by atoms with E-state index >= 15 is 0 Å². The van der Waals surface area contributed by atoms with E-state index in [0.717, 1.165) is 16.5 Å². The van der Waals surface area contributed by atoms with E-state index in [1.165, 1.54) is 11.2 Å². The van der Waals surface area contributed by atoms with Crippen LogP contribution in [0.4, 0.5) is 0 Å². The van der Waals surface area contributed by atoms with Crippen LogP contribution in [0.15, 0.2) is 77.0 Å². The second kappa shape index (κ2) is 8.09. The van der Waals surface area contributed by atoms with E-state index in [9.17, 15) is 14.7 Å². The molecule has 0 saturated carbocycles. The summed E-state index contributed by atoms with van der Waals surface area (Å²) in [5.41, 5.74) is 2.09. The Labute approximate surface area is 200 Å². The van der Waals surface area contributed by atoms with Crippen molar-refractivity contribution < 1.29 is 28.6 Å². The van der Waals surface area contributed by atoms with Gasteiger partial charge in [-0.25, -0.2) is 0 Å². The van der Waals surface area contributed by atoms with Crippen molar-refractivity contribution in [3.05, 3.63) is 89.5 Å². The smallest absolute Gasteiger partial charge is 0.296 e. The van der Waals surface area contributed by atoms with Crippen molar-refractivity contribution in [2.75, 3.05) is 13.2 Å². The summed E-state index contributed by atoms with van der Waals surface area (Å²) in [6.07, 6.45) is 3.42. The molecule has 176 valence electrons. The van der Waals surface area contributed by atoms with Crippen LogP contribution in [0.25, 0.3) is 16.7 Å². The fourth-order valence-electron chi connectivity index (χ4n) is 4.87. The quantitative estimate of drug-likeness (QED) is 0.273. The van der Waals surface area contributed by atoms with Crippen LogP contribution in [0.5, 0.6) is 11.5 Å². The Hall–Kier alpha value is -4.46. The minimum absolute atomic E-state index is 0.0228. The maximum absolute atomic E-state index is 13.4. The number of furan rings is 1. The van der Waals surface area contributed by atoms with Gasteiger partial charge in [-0.1, -0.05) is 18.2 Å². The highest BCUT2D eigenvalue weighted by Gasteiger charge is 2.47. The lowest BCUT2D eigenvalue weighted by Crippen LogP contribution is -2.29. The summed E-state index contributed by atoms with van der Waals surface area (Å²) in [6, 6.07) is 15.4. The minimum atomic E-state index is -0.806. The summed E-state index contributed by atoms with van der Waals surface area (Å²) in [4.78, 5) is 28.1. The molecule has 35 heavy (non-hydrogen) atoms. The predicted molar refractivity (Wildman–Crippen MR) is 127 cm³/mol. The molecule has 8 nitrogen and oxygen atoms in total. The molecular formula is C27H22N2O6. The molecule has 0 spiro atoms. The van der Waals surface area contributed by atoms with E-state index < -0.39 is 17.7 Å². The molecule has 0 aliphatic carbocycles. The van der Waals surface area contributed by atoms with Gasteiger partial charge in [-0.2, -0.15) is 0 Å². The number of aryl methyl sites for hydroxylation is 1. The van der Waals surface area contributed by atoms with Crippen LogP contribution in [0, 0.1) is 0 Å². The van der Waals surface area contributed by atoms with Crippen LogP contribution in [0.3, 0.4) is 0 Å². The van der Waals surface area contributed by atoms with Crippen LogP contribution >= 0.6 is 0 Å². The topological polar surface area (TPSA) is 94.1 Å². The standard InChI is InChI=1S/C27H22N2O6/c1-28-15-19(18-6-2-3-7-20(18)28)24-23(26(31)27(32)29(24)14-17-5-4-10-33-17)25(30)16-8-9-21-22(13-16)35-12-11-34-21/h2-10,13,15,24,30H,11-12,14H2,1H3/b25-23+. The predicted octanol–water partition coefficient (Wildman–Crippen LogP) is 4.16. The van der Waals surface area contributed by atoms with Crippen molar-refractivity contribution in [1.29, 1.82) is 0 Å². The zero-order valence-corrected chi connectivity index (χ0v) is 18.9. The van der Waals surface area contributed by atoms with E-state index in [-0.39, 0.29) is 17.9 Å². The SMILES string of the molecule is Cn1cc(C2/C(=C(\O)c3ccc4c(c3)OCCO4)C(=O)C(=O)N2Cc2ccco2)c2ccccc21. The van der Waals surface area contributed by atoms with E-state index in [0.29, 0.717) is 36.0 Å². The molecule has 2 aromatic heterocycles. The number of amides is 1. The molecule has 0 radical (unpaired) electrons. The summed E-state index contributed by atoms with van der Waals surface area (Å²) in [6.45, 7) is 0.918. The third-order valence-corrected chi connectivity index (χ3v) is 6.48. The molecule has 6 rings (SSSR count). The fraction of sp³-hybridized carbons (Fsp3) is 0.185. The average Bonchev–Trinajstić information content (AvgIpc) is 3.58. The molecule has 2 aliphatic rings. The first-order valence-electron chi connectivity index (χ1n) is 11.3. The highest BCUT2D eigenvalue weighted by atomic mass is 16.6. The number of fused-ring (bicyclic) bond motifs is 2. The molecule has 1 fully saturated rings. The Balaban J connectivity index is 1.55. The van der Waals surface area contributed by atoms with Crippen molar-refractivity contribution in [3.63, 3.8) is 0 Å². The van der Waals surface area contributed by atoms with Crippen molar-refractivity contribution >= 4 is 28.4 Å². The Bertz CT molecular complexity index is 1500. The van der Waals surface area contributed by atoms with E-state index in [1.54, 1.807) is 30.3 Å². The lowest BCUT2D eigenvalue weighted by molar-refractivity contribution is -0.140. The number of hydrogen-bond donors (Lipinski definition) is 1. The number of carbonyl (C=O) groups excluding carboxylic acids is 2. The Morgan fingerprint density at radius 3 is 2.63 bits per heavy atom.